The van der Waals surface area contributed by atoms with Gasteiger partial charge in [0.1, 0.15) is 23.7 Å². The molecule has 0 radical (unpaired) electrons. The molecular formula is C18H22N4O2. The molecule has 6 heteroatoms. The van der Waals surface area contributed by atoms with Crippen LogP contribution < -0.4 is 15.0 Å². The minimum atomic E-state index is -0.614. The van der Waals surface area contributed by atoms with E-state index in [0.717, 1.165) is 24.5 Å². The van der Waals surface area contributed by atoms with E-state index in [1.807, 2.05) is 37.3 Å². The third-order valence-corrected chi connectivity index (χ3v) is 4.01. The number of aryl methyl sites for hydroxylation is 1. The third-order valence-electron chi connectivity index (χ3n) is 4.01. The summed E-state index contributed by atoms with van der Waals surface area (Å²) in [6.45, 7) is 5.70. The highest BCUT2D eigenvalue weighted by Crippen LogP contribution is 2.20. The molecule has 0 bridgehead atoms. The lowest BCUT2D eigenvalue weighted by atomic mass is 10.2. The zero-order valence-electron chi connectivity index (χ0n) is 14.0. The van der Waals surface area contributed by atoms with Crippen LogP contribution in [0.5, 0.6) is 5.75 Å². The van der Waals surface area contributed by atoms with Gasteiger partial charge in [-0.2, -0.15) is 0 Å². The van der Waals surface area contributed by atoms with Crippen molar-refractivity contribution in [1.82, 2.24) is 9.97 Å². The Balaban J connectivity index is 1.62. The molecule has 1 aliphatic rings. The number of hydrogen-bond donors (Lipinski definition) is 1. The largest absolute Gasteiger partial charge is 0.481 e. The molecule has 6 nitrogen and oxygen atoms in total. The average molecular weight is 326 g/mol. The molecule has 1 aliphatic heterocycles. The van der Waals surface area contributed by atoms with E-state index in [4.69, 9.17) is 4.74 Å². The molecule has 1 atom stereocenters. The Morgan fingerprint density at radius 3 is 2.79 bits per heavy atom. The number of amides is 1. The van der Waals surface area contributed by atoms with Crippen molar-refractivity contribution in [3.8, 4) is 5.75 Å². The first kappa shape index (κ1) is 16.2. The number of nitrogens with one attached hydrogen (secondary N) is 1. The Morgan fingerprint density at radius 2 is 2.04 bits per heavy atom. The van der Waals surface area contributed by atoms with Crippen molar-refractivity contribution in [2.24, 2.45) is 0 Å². The second kappa shape index (κ2) is 7.29. The summed E-state index contributed by atoms with van der Waals surface area (Å²) < 4.78 is 5.69. The van der Waals surface area contributed by atoms with Gasteiger partial charge in [-0.1, -0.05) is 12.1 Å². The van der Waals surface area contributed by atoms with Crippen LogP contribution in [0.15, 0.2) is 36.7 Å². The predicted molar refractivity (Wildman–Crippen MR) is 93.4 cm³/mol. The van der Waals surface area contributed by atoms with Crippen molar-refractivity contribution in [3.05, 3.63) is 42.2 Å². The van der Waals surface area contributed by atoms with E-state index in [1.54, 1.807) is 6.92 Å². The molecule has 0 saturated carbocycles. The SMILES string of the molecule is Cc1cccc(OC(C)C(=O)Nc2cc(N3CCCC3)ncn2)c1. The molecule has 1 aromatic heterocycles. The molecule has 1 aromatic carbocycles. The Bertz CT molecular complexity index is 714. The molecule has 24 heavy (non-hydrogen) atoms. The second-order valence-corrected chi connectivity index (χ2v) is 6.02. The van der Waals surface area contributed by atoms with Crippen molar-refractivity contribution < 1.29 is 9.53 Å². The zero-order valence-corrected chi connectivity index (χ0v) is 14.0. The molecule has 3 rings (SSSR count). The van der Waals surface area contributed by atoms with E-state index >= 15 is 0 Å². The molecule has 2 aromatic rings. The lowest BCUT2D eigenvalue weighted by molar-refractivity contribution is -0.122. The van der Waals surface area contributed by atoms with Crippen LogP contribution in [0.4, 0.5) is 11.6 Å². The Hall–Kier alpha value is -2.63. The van der Waals surface area contributed by atoms with Gasteiger partial charge in [-0.05, 0) is 44.4 Å². The number of nitrogens with zero attached hydrogens (tertiary/aromatic N) is 3. The van der Waals surface area contributed by atoms with E-state index in [1.165, 1.54) is 19.2 Å². The molecule has 1 unspecified atom stereocenters. The summed E-state index contributed by atoms with van der Waals surface area (Å²) in [6.07, 6.45) is 3.21. The van der Waals surface area contributed by atoms with Gasteiger partial charge in [-0.15, -0.1) is 0 Å². The van der Waals surface area contributed by atoms with Gasteiger partial charge in [-0.3, -0.25) is 4.79 Å². The van der Waals surface area contributed by atoms with Gasteiger partial charge in [-0.25, -0.2) is 9.97 Å². The molecule has 1 fully saturated rings. The Labute approximate surface area is 141 Å². The maximum absolute atomic E-state index is 12.3. The number of rotatable bonds is 5. The van der Waals surface area contributed by atoms with Crippen molar-refractivity contribution >= 4 is 17.5 Å². The molecule has 126 valence electrons. The predicted octanol–water partition coefficient (Wildman–Crippen LogP) is 2.79. The van der Waals surface area contributed by atoms with Gasteiger partial charge in [0.25, 0.3) is 5.91 Å². The highest BCUT2D eigenvalue weighted by Gasteiger charge is 2.18. The molecule has 1 N–H and O–H groups in total. The normalized spacial score (nSPS) is 15.2. The van der Waals surface area contributed by atoms with E-state index < -0.39 is 6.10 Å². The number of hydrogen-bond acceptors (Lipinski definition) is 5. The maximum atomic E-state index is 12.3. The summed E-state index contributed by atoms with van der Waals surface area (Å²) in [5.41, 5.74) is 1.09. The van der Waals surface area contributed by atoms with Crippen LogP contribution in [-0.4, -0.2) is 35.1 Å². The molecule has 2 heterocycles. The first-order valence-corrected chi connectivity index (χ1v) is 8.23. The van der Waals surface area contributed by atoms with Crippen molar-refractivity contribution in [3.63, 3.8) is 0 Å². The van der Waals surface area contributed by atoms with Gasteiger partial charge in [0.15, 0.2) is 6.10 Å². The van der Waals surface area contributed by atoms with Crippen LogP contribution in [0.2, 0.25) is 0 Å². The number of anilines is 2. The van der Waals surface area contributed by atoms with Crippen LogP contribution >= 0.6 is 0 Å². The summed E-state index contributed by atoms with van der Waals surface area (Å²) in [4.78, 5) is 22.9. The number of carbonyl (C=O) groups is 1. The lowest BCUT2D eigenvalue weighted by Crippen LogP contribution is -2.30. The fourth-order valence-electron chi connectivity index (χ4n) is 2.71. The smallest absolute Gasteiger partial charge is 0.266 e. The third kappa shape index (κ3) is 4.01. The Kier molecular flexibility index (Phi) is 4.93. The fourth-order valence-corrected chi connectivity index (χ4v) is 2.71. The standard InChI is InChI=1S/C18H22N4O2/c1-13-6-5-7-15(10-13)24-14(2)18(23)21-16-11-17(20-12-19-16)22-8-3-4-9-22/h5-7,10-12,14H,3-4,8-9H2,1-2H3,(H,19,20,21,23). The molecular weight excluding hydrogens is 304 g/mol. The second-order valence-electron chi connectivity index (χ2n) is 6.02. The van der Waals surface area contributed by atoms with E-state index in [0.29, 0.717) is 11.6 Å². The van der Waals surface area contributed by atoms with Crippen LogP contribution in [0, 0.1) is 6.92 Å². The molecule has 0 aliphatic carbocycles. The van der Waals surface area contributed by atoms with Crippen LogP contribution in [-0.2, 0) is 4.79 Å². The maximum Gasteiger partial charge on any atom is 0.266 e. The number of benzene rings is 1. The summed E-state index contributed by atoms with van der Waals surface area (Å²) in [5.74, 6) is 1.79. The topological polar surface area (TPSA) is 67.3 Å². The number of ether oxygens (including phenoxy) is 1. The van der Waals surface area contributed by atoms with Crippen molar-refractivity contribution in [2.45, 2.75) is 32.8 Å². The zero-order chi connectivity index (χ0) is 16.9. The van der Waals surface area contributed by atoms with E-state index in [-0.39, 0.29) is 5.91 Å². The van der Waals surface area contributed by atoms with Gasteiger partial charge in [0.2, 0.25) is 0 Å². The highest BCUT2D eigenvalue weighted by molar-refractivity contribution is 5.93. The van der Waals surface area contributed by atoms with Gasteiger partial charge >= 0.3 is 0 Å². The van der Waals surface area contributed by atoms with Crippen LogP contribution in [0.3, 0.4) is 0 Å². The monoisotopic (exact) mass is 326 g/mol. The highest BCUT2D eigenvalue weighted by atomic mass is 16.5. The summed E-state index contributed by atoms with van der Waals surface area (Å²) >= 11 is 0. The van der Waals surface area contributed by atoms with E-state index in [9.17, 15) is 4.79 Å². The van der Waals surface area contributed by atoms with Gasteiger partial charge in [0, 0.05) is 19.2 Å². The lowest BCUT2D eigenvalue weighted by Gasteiger charge is -2.17. The van der Waals surface area contributed by atoms with Crippen molar-refractivity contribution in [1.29, 1.82) is 0 Å². The minimum Gasteiger partial charge on any atom is -0.481 e. The number of aromatic nitrogens is 2. The molecule has 0 spiro atoms. The quantitative estimate of drug-likeness (QED) is 0.915. The average Bonchev–Trinajstić information content (AvgIpc) is 3.09. The first-order valence-electron chi connectivity index (χ1n) is 8.23. The Morgan fingerprint density at radius 1 is 1.25 bits per heavy atom. The van der Waals surface area contributed by atoms with Gasteiger partial charge < -0.3 is 15.0 Å². The van der Waals surface area contributed by atoms with E-state index in [2.05, 4.69) is 20.2 Å². The minimum absolute atomic E-state index is 0.234. The summed E-state index contributed by atoms with van der Waals surface area (Å²) in [6, 6.07) is 9.44. The molecule has 1 amide bonds. The fraction of sp³-hybridized carbons (Fsp3) is 0.389. The summed E-state index contributed by atoms with van der Waals surface area (Å²) in [5, 5.41) is 2.80. The van der Waals surface area contributed by atoms with Crippen molar-refractivity contribution in [2.75, 3.05) is 23.3 Å². The van der Waals surface area contributed by atoms with Crippen LogP contribution in [0.1, 0.15) is 25.3 Å². The molecule has 1 saturated heterocycles. The van der Waals surface area contributed by atoms with Crippen LogP contribution in [0.25, 0.3) is 0 Å². The number of carbonyl (C=O) groups excluding carboxylic acids is 1. The van der Waals surface area contributed by atoms with Gasteiger partial charge in [0.05, 0.1) is 0 Å². The summed E-state index contributed by atoms with van der Waals surface area (Å²) in [7, 11) is 0. The first-order chi connectivity index (χ1) is 11.6.